The lowest BCUT2D eigenvalue weighted by atomic mass is 10.2. The zero-order valence-electron chi connectivity index (χ0n) is 16.6. The molecule has 0 aliphatic carbocycles. The zero-order valence-corrected chi connectivity index (χ0v) is 17.3. The smallest absolute Gasteiger partial charge is 0.289 e. The Labute approximate surface area is 184 Å². The Hall–Kier alpha value is -3.84. The van der Waals surface area contributed by atoms with Gasteiger partial charge in [-0.15, -0.1) is 0 Å². The van der Waals surface area contributed by atoms with Gasteiger partial charge < -0.3 is 14.8 Å². The molecule has 0 aliphatic rings. The minimum Gasteiger partial charge on any atom is -0.493 e. The van der Waals surface area contributed by atoms with Gasteiger partial charge in [0.2, 0.25) is 5.91 Å². The standard InChI is InChI=1S/C23H19ClN2O5/c1-30-22-13-16(7-11-21(22)31-15-17-5-3-2-4-6-17)8-12-23(27)25-18-9-10-19(24)20(14-18)26(28)29/h2-14H,15H2,1H3,(H,25,27). The summed E-state index contributed by atoms with van der Waals surface area (Å²) >= 11 is 5.78. The first-order valence-corrected chi connectivity index (χ1v) is 9.62. The van der Waals surface area contributed by atoms with Crippen LogP contribution in [-0.2, 0) is 11.4 Å². The second-order valence-electron chi connectivity index (χ2n) is 6.43. The van der Waals surface area contributed by atoms with E-state index in [1.165, 1.54) is 24.3 Å². The van der Waals surface area contributed by atoms with Crippen LogP contribution in [0.3, 0.4) is 0 Å². The number of benzene rings is 3. The first-order valence-electron chi connectivity index (χ1n) is 9.24. The highest BCUT2D eigenvalue weighted by molar-refractivity contribution is 6.32. The lowest BCUT2D eigenvalue weighted by Gasteiger charge is -2.11. The Morgan fingerprint density at radius 1 is 1.10 bits per heavy atom. The highest BCUT2D eigenvalue weighted by Crippen LogP contribution is 2.30. The van der Waals surface area contributed by atoms with Crippen molar-refractivity contribution >= 4 is 35.0 Å². The molecule has 7 nitrogen and oxygen atoms in total. The Morgan fingerprint density at radius 2 is 1.87 bits per heavy atom. The molecular formula is C23H19ClN2O5. The van der Waals surface area contributed by atoms with Crippen LogP contribution in [0.25, 0.3) is 6.08 Å². The van der Waals surface area contributed by atoms with Crippen LogP contribution in [0.5, 0.6) is 11.5 Å². The average Bonchev–Trinajstić information content (AvgIpc) is 2.78. The van der Waals surface area contributed by atoms with E-state index in [0.717, 1.165) is 11.1 Å². The van der Waals surface area contributed by atoms with Gasteiger partial charge in [-0.2, -0.15) is 0 Å². The van der Waals surface area contributed by atoms with Crippen LogP contribution in [0.15, 0.2) is 72.8 Å². The third kappa shape index (κ3) is 6.07. The topological polar surface area (TPSA) is 90.7 Å². The third-order valence-corrected chi connectivity index (χ3v) is 4.58. The monoisotopic (exact) mass is 438 g/mol. The average molecular weight is 439 g/mol. The predicted molar refractivity (Wildman–Crippen MR) is 120 cm³/mol. The first kappa shape index (κ1) is 21.9. The number of nitrogens with zero attached hydrogens (tertiary/aromatic N) is 1. The summed E-state index contributed by atoms with van der Waals surface area (Å²) in [6.07, 6.45) is 2.92. The van der Waals surface area contributed by atoms with Crippen LogP contribution in [0.1, 0.15) is 11.1 Å². The van der Waals surface area contributed by atoms with E-state index in [-0.39, 0.29) is 16.4 Å². The van der Waals surface area contributed by atoms with Gasteiger partial charge in [0.15, 0.2) is 11.5 Å². The maximum Gasteiger partial charge on any atom is 0.289 e. The number of carbonyl (C=O) groups is 1. The number of carbonyl (C=O) groups excluding carboxylic acids is 1. The summed E-state index contributed by atoms with van der Waals surface area (Å²) in [6.45, 7) is 0.405. The maximum atomic E-state index is 12.2. The van der Waals surface area contributed by atoms with Crippen LogP contribution in [0.4, 0.5) is 11.4 Å². The van der Waals surface area contributed by atoms with Crippen LogP contribution >= 0.6 is 11.6 Å². The molecule has 0 atom stereocenters. The van der Waals surface area contributed by atoms with E-state index in [9.17, 15) is 14.9 Å². The van der Waals surface area contributed by atoms with Crippen molar-refractivity contribution in [3.63, 3.8) is 0 Å². The molecule has 0 bridgehead atoms. The zero-order chi connectivity index (χ0) is 22.2. The van der Waals surface area contributed by atoms with Gasteiger partial charge in [0.05, 0.1) is 12.0 Å². The molecule has 0 spiro atoms. The normalized spacial score (nSPS) is 10.6. The van der Waals surface area contributed by atoms with Crippen molar-refractivity contribution in [2.24, 2.45) is 0 Å². The molecule has 0 radical (unpaired) electrons. The fraction of sp³-hybridized carbons (Fsp3) is 0.0870. The molecule has 1 amide bonds. The minimum atomic E-state index is -0.610. The molecule has 0 fully saturated rings. The highest BCUT2D eigenvalue weighted by Gasteiger charge is 2.13. The van der Waals surface area contributed by atoms with Crippen molar-refractivity contribution in [1.82, 2.24) is 0 Å². The molecule has 31 heavy (non-hydrogen) atoms. The molecule has 158 valence electrons. The predicted octanol–water partition coefficient (Wildman–Crippen LogP) is 5.49. The Balaban J connectivity index is 1.65. The number of amides is 1. The van der Waals surface area contributed by atoms with Crippen molar-refractivity contribution < 1.29 is 19.2 Å². The number of nitrogens with one attached hydrogen (secondary N) is 1. The van der Waals surface area contributed by atoms with Crippen molar-refractivity contribution in [1.29, 1.82) is 0 Å². The van der Waals surface area contributed by atoms with E-state index in [1.807, 2.05) is 30.3 Å². The fourth-order valence-corrected chi connectivity index (χ4v) is 2.92. The maximum absolute atomic E-state index is 12.2. The fourth-order valence-electron chi connectivity index (χ4n) is 2.73. The van der Waals surface area contributed by atoms with E-state index >= 15 is 0 Å². The van der Waals surface area contributed by atoms with Crippen molar-refractivity contribution in [2.45, 2.75) is 6.61 Å². The number of hydrogen-bond acceptors (Lipinski definition) is 5. The molecule has 3 aromatic rings. The van der Waals surface area contributed by atoms with Gasteiger partial charge in [-0.05, 0) is 41.5 Å². The number of methoxy groups -OCH3 is 1. The van der Waals surface area contributed by atoms with Gasteiger partial charge in [0.25, 0.3) is 5.69 Å². The Morgan fingerprint density at radius 3 is 2.58 bits per heavy atom. The SMILES string of the molecule is COc1cc(C=CC(=O)Nc2ccc(Cl)c([N+](=O)[O-])c2)ccc1OCc1ccccc1. The summed E-state index contributed by atoms with van der Waals surface area (Å²) in [6, 6.07) is 19.1. The summed E-state index contributed by atoms with van der Waals surface area (Å²) < 4.78 is 11.2. The molecule has 0 saturated carbocycles. The van der Waals surface area contributed by atoms with E-state index in [1.54, 1.807) is 31.4 Å². The molecule has 1 N–H and O–H groups in total. The first-order chi connectivity index (χ1) is 15.0. The van der Waals surface area contributed by atoms with Crippen LogP contribution in [0.2, 0.25) is 5.02 Å². The van der Waals surface area contributed by atoms with Crippen LogP contribution < -0.4 is 14.8 Å². The van der Waals surface area contributed by atoms with Crippen molar-refractivity contribution in [3.05, 3.63) is 99.1 Å². The van der Waals surface area contributed by atoms with Gasteiger partial charge in [0, 0.05) is 17.8 Å². The molecule has 8 heteroatoms. The van der Waals surface area contributed by atoms with Crippen molar-refractivity contribution in [2.75, 3.05) is 12.4 Å². The molecule has 0 unspecified atom stereocenters. The summed E-state index contributed by atoms with van der Waals surface area (Å²) in [5, 5.41) is 13.5. The molecule has 3 rings (SSSR count). The number of halogens is 1. The number of ether oxygens (including phenoxy) is 2. The largest absolute Gasteiger partial charge is 0.493 e. The second-order valence-corrected chi connectivity index (χ2v) is 6.84. The Bertz CT molecular complexity index is 1120. The lowest BCUT2D eigenvalue weighted by molar-refractivity contribution is -0.384. The van der Waals surface area contributed by atoms with E-state index in [0.29, 0.717) is 18.1 Å². The number of hydrogen-bond donors (Lipinski definition) is 1. The van der Waals surface area contributed by atoms with Gasteiger partial charge >= 0.3 is 0 Å². The summed E-state index contributed by atoms with van der Waals surface area (Å²) in [7, 11) is 1.54. The molecule has 0 heterocycles. The number of rotatable bonds is 8. The number of nitro benzene ring substituents is 1. The summed E-state index contributed by atoms with van der Waals surface area (Å²) in [5.41, 5.74) is 1.75. The third-order valence-electron chi connectivity index (χ3n) is 4.26. The van der Waals surface area contributed by atoms with E-state index in [2.05, 4.69) is 5.32 Å². The van der Waals surface area contributed by atoms with Gasteiger partial charge in [0.1, 0.15) is 11.6 Å². The molecular weight excluding hydrogens is 420 g/mol. The van der Waals surface area contributed by atoms with Crippen molar-refractivity contribution in [3.8, 4) is 11.5 Å². The second kappa shape index (κ2) is 10.3. The molecule has 0 saturated heterocycles. The Kier molecular flexibility index (Phi) is 7.24. The van der Waals surface area contributed by atoms with Gasteiger partial charge in [-0.3, -0.25) is 14.9 Å². The van der Waals surface area contributed by atoms with Gasteiger partial charge in [-0.1, -0.05) is 48.0 Å². The van der Waals surface area contributed by atoms with Crippen LogP contribution in [-0.4, -0.2) is 17.9 Å². The van der Waals surface area contributed by atoms with E-state index < -0.39 is 10.8 Å². The molecule has 0 aromatic heterocycles. The number of anilines is 1. The number of nitro groups is 1. The quantitative estimate of drug-likeness (QED) is 0.285. The summed E-state index contributed by atoms with van der Waals surface area (Å²) in [5.74, 6) is 0.674. The molecule has 3 aromatic carbocycles. The van der Waals surface area contributed by atoms with E-state index in [4.69, 9.17) is 21.1 Å². The summed E-state index contributed by atoms with van der Waals surface area (Å²) in [4.78, 5) is 22.5. The highest BCUT2D eigenvalue weighted by atomic mass is 35.5. The van der Waals surface area contributed by atoms with Gasteiger partial charge in [-0.25, -0.2) is 0 Å². The molecule has 0 aliphatic heterocycles. The lowest BCUT2D eigenvalue weighted by Crippen LogP contribution is -2.08. The minimum absolute atomic E-state index is 0.000194. The van der Waals surface area contributed by atoms with Crippen LogP contribution in [0, 0.1) is 10.1 Å².